The van der Waals surface area contributed by atoms with E-state index in [1.54, 1.807) is 0 Å². The number of hydrogen-bond acceptors (Lipinski definition) is 6. The van der Waals surface area contributed by atoms with E-state index in [0.29, 0.717) is 11.6 Å². The molecule has 0 amide bonds. The molecule has 0 saturated carbocycles. The summed E-state index contributed by atoms with van der Waals surface area (Å²) in [5, 5.41) is 2.44. The Morgan fingerprint density at radius 3 is 0.932 bits per heavy atom. The molecule has 0 saturated heterocycles. The van der Waals surface area contributed by atoms with E-state index in [9.17, 15) is 0 Å². The van der Waals surface area contributed by atoms with Crippen LogP contribution < -0.4 is 0 Å². The molecule has 2 heterocycles. The monoisotopic (exact) mass is 570 g/mol. The quantitative estimate of drug-likeness (QED) is 0.206. The van der Waals surface area contributed by atoms with Crippen LogP contribution in [0.3, 0.4) is 0 Å². The number of nitrogens with zero attached hydrogens (tertiary/aromatic N) is 6. The molecule has 7 aromatic rings. The van der Waals surface area contributed by atoms with Crippen molar-refractivity contribution < 1.29 is 0 Å². The molecule has 212 valence electrons. The number of hydrogen-bond donors (Lipinski definition) is 0. The fourth-order valence-corrected chi connectivity index (χ4v) is 5.74. The van der Waals surface area contributed by atoms with Crippen LogP contribution in [0.15, 0.2) is 109 Å². The van der Waals surface area contributed by atoms with Crippen molar-refractivity contribution in [3.05, 3.63) is 132 Å². The summed E-state index contributed by atoms with van der Waals surface area (Å²) in [6, 6.07) is 38.7. The molecular weight excluding hydrogens is 540 g/mol. The summed E-state index contributed by atoms with van der Waals surface area (Å²) in [5.74, 6) is 4.32. The van der Waals surface area contributed by atoms with Gasteiger partial charge < -0.3 is 0 Å². The van der Waals surface area contributed by atoms with Gasteiger partial charge in [-0.3, -0.25) is 0 Å². The van der Waals surface area contributed by atoms with Crippen LogP contribution in [-0.4, -0.2) is 29.9 Å². The zero-order valence-corrected chi connectivity index (χ0v) is 25.1. The highest BCUT2D eigenvalue weighted by atomic mass is 15.0. The van der Waals surface area contributed by atoms with Gasteiger partial charge in [-0.05, 0) is 71.8 Å². The van der Waals surface area contributed by atoms with Gasteiger partial charge in [-0.25, -0.2) is 29.9 Å². The first-order valence-electron chi connectivity index (χ1n) is 14.6. The smallest absolute Gasteiger partial charge is 0.163 e. The van der Waals surface area contributed by atoms with Crippen molar-refractivity contribution in [2.24, 2.45) is 0 Å². The molecule has 2 aromatic heterocycles. The van der Waals surface area contributed by atoms with Gasteiger partial charge in [0, 0.05) is 11.1 Å². The first-order chi connectivity index (χ1) is 21.4. The molecule has 0 aliphatic rings. The van der Waals surface area contributed by atoms with Crippen LogP contribution in [-0.2, 0) is 0 Å². The molecule has 44 heavy (non-hydrogen) atoms. The van der Waals surface area contributed by atoms with Gasteiger partial charge in [0.2, 0.25) is 0 Å². The number of fused-ring (bicyclic) bond motifs is 1. The number of aromatic nitrogens is 6. The predicted octanol–water partition coefficient (Wildman–Crippen LogP) is 8.78. The van der Waals surface area contributed by atoms with E-state index in [0.717, 1.165) is 51.1 Å². The molecule has 0 atom stereocenters. The van der Waals surface area contributed by atoms with E-state index < -0.39 is 0 Å². The standard InChI is InChI=1S/C38H30N6/c1-23-39-24(2)42-37(41-23)31-17-11-28(12-18-31)27-9-13-29(14-10-27)33-21-22-34(36-8-6-5-7-35(33)36)30-15-19-32(20-16-30)38-43-25(3)40-26(4)44-38/h5-22H,1-4H3. The third-order valence-corrected chi connectivity index (χ3v) is 7.77. The van der Waals surface area contributed by atoms with E-state index >= 15 is 0 Å². The lowest BCUT2D eigenvalue weighted by molar-refractivity contribution is 0.928. The lowest BCUT2D eigenvalue weighted by Crippen LogP contribution is -1.98. The summed E-state index contributed by atoms with van der Waals surface area (Å²) in [6.45, 7) is 7.58. The minimum absolute atomic E-state index is 0.703. The molecule has 0 N–H and O–H groups in total. The van der Waals surface area contributed by atoms with Crippen LogP contribution in [0.4, 0.5) is 0 Å². The van der Waals surface area contributed by atoms with Gasteiger partial charge in [0.1, 0.15) is 23.3 Å². The van der Waals surface area contributed by atoms with Crippen molar-refractivity contribution in [1.82, 2.24) is 29.9 Å². The maximum absolute atomic E-state index is 4.52. The highest BCUT2D eigenvalue weighted by molar-refractivity contribution is 6.05. The fourth-order valence-electron chi connectivity index (χ4n) is 5.74. The Labute approximate surface area is 256 Å². The molecule has 0 radical (unpaired) electrons. The lowest BCUT2D eigenvalue weighted by Gasteiger charge is -2.13. The van der Waals surface area contributed by atoms with Gasteiger partial charge in [-0.1, -0.05) is 109 Å². The highest BCUT2D eigenvalue weighted by Crippen LogP contribution is 2.37. The summed E-state index contributed by atoms with van der Waals surface area (Å²) in [4.78, 5) is 26.6. The van der Waals surface area contributed by atoms with Crippen molar-refractivity contribution in [1.29, 1.82) is 0 Å². The molecule has 0 bridgehead atoms. The Bertz CT molecular complexity index is 2090. The molecule has 0 unspecified atom stereocenters. The molecular formula is C38H30N6. The summed E-state index contributed by atoms with van der Waals surface area (Å²) in [6.07, 6.45) is 0. The maximum Gasteiger partial charge on any atom is 0.163 e. The number of benzene rings is 5. The van der Waals surface area contributed by atoms with Crippen molar-refractivity contribution in [2.45, 2.75) is 27.7 Å². The van der Waals surface area contributed by atoms with Gasteiger partial charge in [-0.2, -0.15) is 0 Å². The second-order valence-corrected chi connectivity index (χ2v) is 10.9. The molecule has 0 fully saturated rings. The van der Waals surface area contributed by atoms with Crippen LogP contribution in [0.2, 0.25) is 0 Å². The molecule has 0 spiro atoms. The SMILES string of the molecule is Cc1nc(C)nc(-c2ccc(-c3ccc(-c4ccc(-c5ccc(-c6nc(C)nc(C)n6)cc5)c5ccccc45)cc3)cc2)n1. The van der Waals surface area contributed by atoms with E-state index in [-0.39, 0.29) is 0 Å². The van der Waals surface area contributed by atoms with Crippen molar-refractivity contribution in [2.75, 3.05) is 0 Å². The van der Waals surface area contributed by atoms with Gasteiger partial charge in [0.15, 0.2) is 11.6 Å². The molecule has 0 aliphatic carbocycles. The molecule has 6 heteroatoms. The lowest BCUT2D eigenvalue weighted by atomic mass is 9.91. The van der Waals surface area contributed by atoms with Gasteiger partial charge in [-0.15, -0.1) is 0 Å². The number of rotatable bonds is 5. The van der Waals surface area contributed by atoms with Crippen LogP contribution in [0.1, 0.15) is 23.3 Å². The second kappa shape index (κ2) is 11.2. The third kappa shape index (κ3) is 5.34. The van der Waals surface area contributed by atoms with Crippen molar-refractivity contribution >= 4 is 10.8 Å². The average Bonchev–Trinajstić information content (AvgIpc) is 3.04. The van der Waals surface area contributed by atoms with Gasteiger partial charge >= 0.3 is 0 Å². The minimum atomic E-state index is 0.703. The summed E-state index contributed by atoms with van der Waals surface area (Å²) in [7, 11) is 0. The summed E-state index contributed by atoms with van der Waals surface area (Å²) in [5.41, 5.74) is 9.01. The van der Waals surface area contributed by atoms with Gasteiger partial charge in [0.25, 0.3) is 0 Å². The third-order valence-electron chi connectivity index (χ3n) is 7.77. The highest BCUT2D eigenvalue weighted by Gasteiger charge is 2.12. The zero-order chi connectivity index (χ0) is 30.2. The van der Waals surface area contributed by atoms with E-state index in [1.165, 1.54) is 27.5 Å². The van der Waals surface area contributed by atoms with E-state index in [2.05, 4.69) is 139 Å². The Morgan fingerprint density at radius 1 is 0.295 bits per heavy atom. The Hall–Kier alpha value is -5.62. The zero-order valence-electron chi connectivity index (χ0n) is 25.1. The van der Waals surface area contributed by atoms with E-state index in [1.807, 2.05) is 27.7 Å². The van der Waals surface area contributed by atoms with Crippen LogP contribution >= 0.6 is 0 Å². The number of aryl methyl sites for hydroxylation is 4. The summed E-state index contributed by atoms with van der Waals surface area (Å²) >= 11 is 0. The molecule has 7 rings (SSSR count). The van der Waals surface area contributed by atoms with Crippen LogP contribution in [0, 0.1) is 27.7 Å². The van der Waals surface area contributed by atoms with E-state index in [4.69, 9.17) is 0 Å². The fraction of sp³-hybridized carbons (Fsp3) is 0.105. The first-order valence-corrected chi connectivity index (χ1v) is 14.6. The Kier molecular flexibility index (Phi) is 6.95. The first kappa shape index (κ1) is 27.2. The van der Waals surface area contributed by atoms with Crippen molar-refractivity contribution in [3.8, 4) is 56.2 Å². The van der Waals surface area contributed by atoms with Gasteiger partial charge in [0.05, 0.1) is 0 Å². The minimum Gasteiger partial charge on any atom is -0.219 e. The normalized spacial score (nSPS) is 11.2. The van der Waals surface area contributed by atoms with Crippen molar-refractivity contribution in [3.63, 3.8) is 0 Å². The second-order valence-electron chi connectivity index (χ2n) is 10.9. The molecule has 6 nitrogen and oxygen atoms in total. The average molecular weight is 571 g/mol. The molecule has 0 aliphatic heterocycles. The predicted molar refractivity (Wildman–Crippen MR) is 177 cm³/mol. The summed E-state index contributed by atoms with van der Waals surface area (Å²) < 4.78 is 0. The van der Waals surface area contributed by atoms with Crippen LogP contribution in [0.25, 0.3) is 66.9 Å². The topological polar surface area (TPSA) is 77.3 Å². The Balaban J connectivity index is 1.18. The Morgan fingerprint density at radius 2 is 0.591 bits per heavy atom. The maximum atomic E-state index is 4.52. The largest absolute Gasteiger partial charge is 0.219 e. The molecule has 5 aromatic carbocycles. The van der Waals surface area contributed by atoms with Crippen LogP contribution in [0.5, 0.6) is 0 Å².